The molecule has 220 valence electrons. The van der Waals surface area contributed by atoms with Crippen LogP contribution in [0.2, 0.25) is 0 Å². The van der Waals surface area contributed by atoms with E-state index in [-0.39, 0.29) is 18.2 Å². The van der Waals surface area contributed by atoms with Gasteiger partial charge in [0, 0.05) is 18.7 Å². The molecule has 0 spiro atoms. The van der Waals surface area contributed by atoms with Gasteiger partial charge in [-0.05, 0) is 44.7 Å². The first kappa shape index (κ1) is 32.7. The molecule has 0 aliphatic rings. The molecule has 8 heteroatoms. The Morgan fingerprint density at radius 2 is 1.55 bits per heavy atom. The smallest absolute Gasteiger partial charge is 0.408 e. The highest BCUT2D eigenvalue weighted by atomic mass is 16.6. The summed E-state index contributed by atoms with van der Waals surface area (Å²) in [5.74, 6) is -1.17. The average Bonchev–Trinajstić information content (AvgIpc) is 2.89. The van der Waals surface area contributed by atoms with Crippen molar-refractivity contribution >= 4 is 17.9 Å². The number of aromatic hydroxyl groups is 1. The summed E-state index contributed by atoms with van der Waals surface area (Å²) >= 11 is 0. The number of unbranched alkanes of at least 4 members (excludes halogenated alkanes) is 4. The molecule has 8 nitrogen and oxygen atoms in total. The second-order valence-electron chi connectivity index (χ2n) is 11.5. The zero-order valence-electron chi connectivity index (χ0n) is 24.9. The van der Waals surface area contributed by atoms with Crippen LogP contribution in [0.25, 0.3) is 0 Å². The number of para-hydroxylation sites is 1. The standard InChI is InChI=1S/C32H47N3O5/c1-7-8-9-10-16-21-35(30(38)27(23(2)3)34-31(39)40-32(4,5)6)28(25-19-14-15-20-26(25)36)29(37)33-22-24-17-12-11-13-18-24/h11-15,17-20,23,27-28,36H,7-10,16,21-22H2,1-6H3,(H,33,37)(H,34,39). The number of nitrogens with zero attached hydrogens (tertiary/aromatic N) is 1. The lowest BCUT2D eigenvalue weighted by Crippen LogP contribution is -2.55. The quantitative estimate of drug-likeness (QED) is 0.245. The van der Waals surface area contributed by atoms with Gasteiger partial charge in [0.15, 0.2) is 0 Å². The van der Waals surface area contributed by atoms with Crippen molar-refractivity contribution in [1.29, 1.82) is 0 Å². The van der Waals surface area contributed by atoms with Gasteiger partial charge in [0.1, 0.15) is 23.4 Å². The topological polar surface area (TPSA) is 108 Å². The summed E-state index contributed by atoms with van der Waals surface area (Å²) in [6, 6.07) is 14.1. The van der Waals surface area contributed by atoms with Gasteiger partial charge in [0.05, 0.1) is 0 Å². The Hall–Kier alpha value is -3.55. The van der Waals surface area contributed by atoms with Crippen LogP contribution in [-0.2, 0) is 20.9 Å². The second-order valence-corrected chi connectivity index (χ2v) is 11.5. The second kappa shape index (κ2) is 15.9. The van der Waals surface area contributed by atoms with Gasteiger partial charge in [0.25, 0.3) is 0 Å². The Labute approximate surface area is 239 Å². The molecule has 0 aliphatic carbocycles. The van der Waals surface area contributed by atoms with Gasteiger partial charge in [-0.1, -0.05) is 95.0 Å². The van der Waals surface area contributed by atoms with Crippen molar-refractivity contribution in [1.82, 2.24) is 15.5 Å². The van der Waals surface area contributed by atoms with Crippen molar-refractivity contribution in [2.24, 2.45) is 5.92 Å². The van der Waals surface area contributed by atoms with E-state index >= 15 is 0 Å². The van der Waals surface area contributed by atoms with Gasteiger partial charge in [-0.3, -0.25) is 9.59 Å². The number of nitrogens with one attached hydrogen (secondary N) is 2. The first-order valence-electron chi connectivity index (χ1n) is 14.3. The summed E-state index contributed by atoms with van der Waals surface area (Å²) in [5.41, 5.74) is 0.509. The predicted octanol–water partition coefficient (Wildman–Crippen LogP) is 6.10. The maximum atomic E-state index is 14.2. The highest BCUT2D eigenvalue weighted by Crippen LogP contribution is 2.31. The molecule has 3 amide bonds. The predicted molar refractivity (Wildman–Crippen MR) is 158 cm³/mol. The van der Waals surface area contributed by atoms with Crippen molar-refractivity contribution in [3.8, 4) is 5.75 Å². The van der Waals surface area contributed by atoms with Gasteiger partial charge >= 0.3 is 6.09 Å². The van der Waals surface area contributed by atoms with Crippen molar-refractivity contribution < 1.29 is 24.2 Å². The number of benzene rings is 2. The molecule has 3 N–H and O–H groups in total. The lowest BCUT2D eigenvalue weighted by atomic mass is 9.97. The molecule has 0 saturated heterocycles. The molecule has 2 atom stereocenters. The number of hydrogen-bond acceptors (Lipinski definition) is 5. The van der Waals surface area contributed by atoms with Crippen LogP contribution in [-0.4, -0.2) is 46.1 Å². The Morgan fingerprint density at radius 1 is 0.925 bits per heavy atom. The molecule has 0 radical (unpaired) electrons. The van der Waals surface area contributed by atoms with E-state index in [2.05, 4.69) is 17.6 Å². The molecule has 0 fully saturated rings. The number of alkyl carbamates (subject to hydrolysis) is 1. The normalized spacial score (nSPS) is 12.9. The maximum absolute atomic E-state index is 14.2. The number of rotatable bonds is 14. The first-order valence-corrected chi connectivity index (χ1v) is 14.3. The van der Waals surface area contributed by atoms with E-state index in [1.54, 1.807) is 39.0 Å². The van der Waals surface area contributed by atoms with Crippen LogP contribution < -0.4 is 10.6 Å². The van der Waals surface area contributed by atoms with Crippen molar-refractivity contribution in [2.45, 2.75) is 97.9 Å². The van der Waals surface area contributed by atoms with Crippen LogP contribution in [0.5, 0.6) is 5.75 Å². The molecule has 0 saturated carbocycles. The third-order valence-corrected chi connectivity index (χ3v) is 6.49. The van der Waals surface area contributed by atoms with E-state index in [1.807, 2.05) is 44.2 Å². The number of carbonyl (C=O) groups is 3. The summed E-state index contributed by atoms with van der Waals surface area (Å²) in [4.78, 5) is 42.2. The minimum atomic E-state index is -1.09. The lowest BCUT2D eigenvalue weighted by molar-refractivity contribution is -0.143. The number of phenolic OH excluding ortho intramolecular Hbond substituents is 1. The highest BCUT2D eigenvalue weighted by Gasteiger charge is 2.38. The van der Waals surface area contributed by atoms with Gasteiger partial charge in [0.2, 0.25) is 11.8 Å². The van der Waals surface area contributed by atoms with Crippen LogP contribution in [0, 0.1) is 5.92 Å². The Kier molecular flexibility index (Phi) is 13.0. The lowest BCUT2D eigenvalue weighted by Gasteiger charge is -2.36. The number of hydrogen-bond donors (Lipinski definition) is 3. The molecule has 2 aromatic carbocycles. The van der Waals surface area contributed by atoms with Crippen LogP contribution in [0.15, 0.2) is 54.6 Å². The fraction of sp³-hybridized carbons (Fsp3) is 0.531. The van der Waals surface area contributed by atoms with Crippen LogP contribution in [0.1, 0.15) is 90.8 Å². The van der Waals surface area contributed by atoms with Gasteiger partial charge in [-0.2, -0.15) is 0 Å². The molecule has 0 bridgehead atoms. The maximum Gasteiger partial charge on any atom is 0.408 e. The summed E-state index contributed by atoms with van der Waals surface area (Å²) in [7, 11) is 0. The average molecular weight is 554 g/mol. The third-order valence-electron chi connectivity index (χ3n) is 6.49. The van der Waals surface area contributed by atoms with Crippen molar-refractivity contribution in [2.75, 3.05) is 6.54 Å². The van der Waals surface area contributed by atoms with E-state index in [1.165, 1.54) is 11.0 Å². The van der Waals surface area contributed by atoms with Crippen LogP contribution in [0.4, 0.5) is 4.79 Å². The summed E-state index contributed by atoms with van der Waals surface area (Å²) in [6.45, 7) is 11.6. The van der Waals surface area contributed by atoms with Crippen LogP contribution in [0.3, 0.4) is 0 Å². The van der Waals surface area contributed by atoms with E-state index in [0.717, 1.165) is 31.2 Å². The van der Waals surface area contributed by atoms with E-state index in [4.69, 9.17) is 4.74 Å². The summed E-state index contributed by atoms with van der Waals surface area (Å²) in [6.07, 6.45) is 4.06. The van der Waals surface area contributed by atoms with E-state index in [0.29, 0.717) is 18.5 Å². The molecule has 0 aromatic heterocycles. The molecule has 2 aromatic rings. The zero-order valence-corrected chi connectivity index (χ0v) is 24.9. The molecule has 40 heavy (non-hydrogen) atoms. The summed E-state index contributed by atoms with van der Waals surface area (Å²) in [5, 5.41) is 16.5. The molecule has 2 unspecified atom stereocenters. The molecule has 2 rings (SSSR count). The number of carbonyl (C=O) groups excluding carboxylic acids is 3. The zero-order chi connectivity index (χ0) is 29.7. The SMILES string of the molecule is CCCCCCCN(C(=O)C(NC(=O)OC(C)(C)C)C(C)C)C(C(=O)NCc1ccccc1)c1ccccc1O. The van der Waals surface area contributed by atoms with Crippen LogP contribution >= 0.6 is 0 Å². The largest absolute Gasteiger partial charge is 0.508 e. The molecular formula is C32H47N3O5. The third kappa shape index (κ3) is 10.5. The Morgan fingerprint density at radius 3 is 2.15 bits per heavy atom. The van der Waals surface area contributed by atoms with Gasteiger partial charge in [-0.25, -0.2) is 4.79 Å². The number of ether oxygens (including phenoxy) is 1. The molecule has 0 aliphatic heterocycles. The van der Waals surface area contributed by atoms with E-state index in [9.17, 15) is 19.5 Å². The number of amides is 3. The monoisotopic (exact) mass is 553 g/mol. The minimum Gasteiger partial charge on any atom is -0.508 e. The minimum absolute atomic E-state index is 0.0765. The fourth-order valence-electron chi connectivity index (χ4n) is 4.43. The van der Waals surface area contributed by atoms with Crippen molar-refractivity contribution in [3.63, 3.8) is 0 Å². The Bertz CT molecular complexity index is 1080. The van der Waals surface area contributed by atoms with Crippen molar-refractivity contribution in [3.05, 3.63) is 65.7 Å². The first-order chi connectivity index (χ1) is 18.9. The summed E-state index contributed by atoms with van der Waals surface area (Å²) < 4.78 is 5.43. The van der Waals surface area contributed by atoms with Gasteiger partial charge in [-0.15, -0.1) is 0 Å². The molecule has 0 heterocycles. The number of phenols is 1. The Balaban J connectivity index is 2.45. The highest BCUT2D eigenvalue weighted by molar-refractivity contribution is 5.92. The molecular weight excluding hydrogens is 506 g/mol. The van der Waals surface area contributed by atoms with Gasteiger partial charge < -0.3 is 25.4 Å². The fourth-order valence-corrected chi connectivity index (χ4v) is 4.43. The van der Waals surface area contributed by atoms with E-state index < -0.39 is 35.6 Å².